The zero-order chi connectivity index (χ0) is 17.3. The van der Waals surface area contributed by atoms with Crippen molar-refractivity contribution in [2.45, 2.75) is 12.3 Å². The highest BCUT2D eigenvalue weighted by atomic mass is 16.6. The van der Waals surface area contributed by atoms with Crippen LogP contribution in [0.3, 0.4) is 0 Å². The number of ether oxygens (including phenoxy) is 2. The Morgan fingerprint density at radius 3 is 2.46 bits per heavy atom. The Hall–Kier alpha value is -3.09. The largest absolute Gasteiger partial charge is 0.493 e. The van der Waals surface area contributed by atoms with Crippen molar-refractivity contribution >= 4 is 17.3 Å². The van der Waals surface area contributed by atoms with Gasteiger partial charge < -0.3 is 14.8 Å². The Labute approximate surface area is 138 Å². The fraction of sp³-hybridized carbons (Fsp3) is 0.235. The van der Waals surface area contributed by atoms with Gasteiger partial charge in [-0.05, 0) is 11.6 Å². The van der Waals surface area contributed by atoms with E-state index >= 15 is 0 Å². The van der Waals surface area contributed by atoms with Crippen LogP contribution in [0.15, 0.2) is 36.4 Å². The van der Waals surface area contributed by atoms with Gasteiger partial charge in [0.05, 0.1) is 19.1 Å². The molecule has 1 N–H and O–H groups in total. The number of amides is 1. The van der Waals surface area contributed by atoms with E-state index in [2.05, 4.69) is 5.32 Å². The van der Waals surface area contributed by atoms with Gasteiger partial charge in [0.1, 0.15) is 0 Å². The fourth-order valence-electron chi connectivity index (χ4n) is 3.01. The number of rotatable bonds is 4. The Kier molecular flexibility index (Phi) is 4.07. The third-order valence-corrected chi connectivity index (χ3v) is 4.10. The van der Waals surface area contributed by atoms with E-state index in [1.807, 2.05) is 0 Å². The molecule has 1 unspecified atom stereocenters. The van der Waals surface area contributed by atoms with Gasteiger partial charge in [0.2, 0.25) is 5.91 Å². The number of hydrogen-bond acceptors (Lipinski definition) is 5. The lowest BCUT2D eigenvalue weighted by Gasteiger charge is -2.27. The highest BCUT2D eigenvalue weighted by Gasteiger charge is 2.32. The molecular weight excluding hydrogens is 312 g/mol. The molecule has 7 nitrogen and oxygen atoms in total. The molecular formula is C17H16N2O5. The van der Waals surface area contributed by atoms with Crippen LogP contribution in [-0.4, -0.2) is 25.1 Å². The maximum absolute atomic E-state index is 12.1. The van der Waals surface area contributed by atoms with E-state index in [0.29, 0.717) is 22.7 Å². The highest BCUT2D eigenvalue weighted by molar-refractivity contribution is 5.96. The number of anilines is 1. The van der Waals surface area contributed by atoms with Gasteiger partial charge in [0, 0.05) is 35.7 Å². The summed E-state index contributed by atoms with van der Waals surface area (Å²) in [5.41, 5.74) is 1.84. The standard InChI is InChI=1S/C17H16N2O5/c1-23-15-7-12-11(10-5-3-4-6-14(10)19(21)22)8-17(20)18-13(12)9-16(15)24-2/h3-7,9,11H,8H2,1-2H3,(H,18,20). The van der Waals surface area contributed by atoms with Crippen molar-refractivity contribution in [1.29, 1.82) is 0 Å². The molecule has 0 saturated carbocycles. The van der Waals surface area contributed by atoms with Crippen molar-refractivity contribution in [3.63, 3.8) is 0 Å². The zero-order valence-electron chi connectivity index (χ0n) is 13.2. The first-order valence-electron chi connectivity index (χ1n) is 7.34. The number of methoxy groups -OCH3 is 2. The first-order valence-corrected chi connectivity index (χ1v) is 7.34. The van der Waals surface area contributed by atoms with E-state index in [9.17, 15) is 14.9 Å². The molecule has 0 radical (unpaired) electrons. The van der Waals surface area contributed by atoms with Gasteiger partial charge >= 0.3 is 0 Å². The van der Waals surface area contributed by atoms with Crippen LogP contribution in [-0.2, 0) is 4.79 Å². The van der Waals surface area contributed by atoms with Crippen LogP contribution in [0.1, 0.15) is 23.5 Å². The number of fused-ring (bicyclic) bond motifs is 1. The summed E-state index contributed by atoms with van der Waals surface area (Å²) in [6.45, 7) is 0. The number of nitro benzene ring substituents is 1. The Balaban J connectivity index is 2.19. The van der Waals surface area contributed by atoms with E-state index in [1.165, 1.54) is 20.3 Å². The zero-order valence-corrected chi connectivity index (χ0v) is 13.2. The Morgan fingerprint density at radius 1 is 1.12 bits per heavy atom. The molecule has 0 aromatic heterocycles. The number of carbonyl (C=O) groups excluding carboxylic acids is 1. The molecule has 1 amide bonds. The number of benzene rings is 2. The van der Waals surface area contributed by atoms with Crippen molar-refractivity contribution in [1.82, 2.24) is 0 Å². The summed E-state index contributed by atoms with van der Waals surface area (Å²) >= 11 is 0. The molecule has 0 bridgehead atoms. The molecule has 2 aromatic carbocycles. The maximum atomic E-state index is 12.1. The molecule has 3 rings (SSSR count). The summed E-state index contributed by atoms with van der Waals surface area (Å²) in [5, 5.41) is 14.1. The molecule has 24 heavy (non-hydrogen) atoms. The SMILES string of the molecule is COc1cc2c(cc1OC)C(c1ccccc1[N+](=O)[O-])CC(=O)N2. The third-order valence-electron chi connectivity index (χ3n) is 4.10. The minimum absolute atomic E-state index is 0.00191. The number of nitro groups is 1. The van der Waals surface area contributed by atoms with Crippen molar-refractivity contribution in [2.24, 2.45) is 0 Å². The molecule has 7 heteroatoms. The van der Waals surface area contributed by atoms with Crippen LogP contribution < -0.4 is 14.8 Å². The predicted octanol–water partition coefficient (Wildman–Crippen LogP) is 3.09. The number of nitrogens with zero attached hydrogens (tertiary/aromatic N) is 1. The topological polar surface area (TPSA) is 90.7 Å². The smallest absolute Gasteiger partial charge is 0.273 e. The van der Waals surface area contributed by atoms with Gasteiger partial charge in [-0.25, -0.2) is 0 Å². The number of hydrogen-bond donors (Lipinski definition) is 1. The lowest BCUT2D eigenvalue weighted by molar-refractivity contribution is -0.385. The van der Waals surface area contributed by atoms with E-state index < -0.39 is 10.8 Å². The summed E-state index contributed by atoms with van der Waals surface area (Å²) in [6, 6.07) is 9.90. The minimum atomic E-state index is -0.428. The van der Waals surface area contributed by atoms with Crippen molar-refractivity contribution < 1.29 is 19.2 Å². The first kappa shape index (κ1) is 15.8. The van der Waals surface area contributed by atoms with Gasteiger partial charge in [-0.3, -0.25) is 14.9 Å². The molecule has 2 aromatic rings. The number of para-hydroxylation sites is 1. The molecule has 124 valence electrons. The van der Waals surface area contributed by atoms with Crippen LogP contribution in [0.2, 0.25) is 0 Å². The van der Waals surface area contributed by atoms with E-state index in [4.69, 9.17) is 9.47 Å². The fourth-order valence-corrected chi connectivity index (χ4v) is 3.01. The summed E-state index contributed by atoms with van der Waals surface area (Å²) in [4.78, 5) is 23.0. The van der Waals surface area contributed by atoms with Gasteiger partial charge in [-0.15, -0.1) is 0 Å². The minimum Gasteiger partial charge on any atom is -0.493 e. The average molecular weight is 328 g/mol. The van der Waals surface area contributed by atoms with Gasteiger partial charge in [0.25, 0.3) is 5.69 Å². The quantitative estimate of drug-likeness (QED) is 0.688. The third kappa shape index (κ3) is 2.64. The summed E-state index contributed by atoms with van der Waals surface area (Å²) in [6.07, 6.45) is 0.132. The van der Waals surface area contributed by atoms with E-state index in [-0.39, 0.29) is 18.0 Å². The normalized spacial score (nSPS) is 16.1. The molecule has 0 aliphatic carbocycles. The monoisotopic (exact) mass is 328 g/mol. The van der Waals surface area contributed by atoms with E-state index in [0.717, 1.165) is 5.56 Å². The Bertz CT molecular complexity index is 819. The van der Waals surface area contributed by atoms with Crippen LogP contribution >= 0.6 is 0 Å². The maximum Gasteiger partial charge on any atom is 0.273 e. The van der Waals surface area contributed by atoms with Crippen molar-refractivity contribution in [3.8, 4) is 11.5 Å². The average Bonchev–Trinajstić information content (AvgIpc) is 2.59. The summed E-state index contributed by atoms with van der Waals surface area (Å²) in [7, 11) is 3.03. The van der Waals surface area contributed by atoms with Gasteiger partial charge in [0.15, 0.2) is 11.5 Å². The van der Waals surface area contributed by atoms with Gasteiger partial charge in [-0.1, -0.05) is 18.2 Å². The summed E-state index contributed by atoms with van der Waals surface area (Å²) in [5.74, 6) is 0.378. The first-order chi connectivity index (χ1) is 11.5. The van der Waals surface area contributed by atoms with Crippen LogP contribution in [0, 0.1) is 10.1 Å². The molecule has 1 aliphatic rings. The number of nitrogens with one attached hydrogen (secondary N) is 1. The highest BCUT2D eigenvalue weighted by Crippen LogP contribution is 2.44. The second kappa shape index (κ2) is 6.19. The van der Waals surface area contributed by atoms with Crippen molar-refractivity contribution in [3.05, 3.63) is 57.6 Å². The summed E-state index contributed by atoms with van der Waals surface area (Å²) < 4.78 is 10.6. The van der Waals surface area contributed by atoms with Crippen LogP contribution in [0.4, 0.5) is 11.4 Å². The van der Waals surface area contributed by atoms with Crippen LogP contribution in [0.5, 0.6) is 11.5 Å². The lowest BCUT2D eigenvalue weighted by Crippen LogP contribution is -2.24. The second-order valence-corrected chi connectivity index (χ2v) is 5.42. The molecule has 1 aliphatic heterocycles. The van der Waals surface area contributed by atoms with Crippen LogP contribution in [0.25, 0.3) is 0 Å². The molecule has 0 fully saturated rings. The van der Waals surface area contributed by atoms with E-state index in [1.54, 1.807) is 30.3 Å². The lowest BCUT2D eigenvalue weighted by atomic mass is 9.83. The molecule has 0 spiro atoms. The molecule has 1 heterocycles. The molecule has 0 saturated heterocycles. The van der Waals surface area contributed by atoms with Crippen molar-refractivity contribution in [2.75, 3.05) is 19.5 Å². The van der Waals surface area contributed by atoms with Gasteiger partial charge in [-0.2, -0.15) is 0 Å². The second-order valence-electron chi connectivity index (χ2n) is 5.42. The molecule has 1 atom stereocenters. The predicted molar refractivity (Wildman–Crippen MR) is 87.7 cm³/mol. The Morgan fingerprint density at radius 2 is 1.79 bits per heavy atom. The number of carbonyl (C=O) groups is 1.